The van der Waals surface area contributed by atoms with Crippen LogP contribution in [0.3, 0.4) is 0 Å². The molecule has 1 rings (SSSR count). The van der Waals surface area contributed by atoms with Gasteiger partial charge in [-0.3, -0.25) is 0 Å². The molecule has 0 aliphatic rings. The third kappa shape index (κ3) is 6.80. The summed E-state index contributed by atoms with van der Waals surface area (Å²) in [6.07, 6.45) is 8.47. The van der Waals surface area contributed by atoms with Gasteiger partial charge in [0.05, 0.1) is 7.11 Å². The molecule has 1 aromatic carbocycles. The molecule has 0 amide bonds. The fourth-order valence-corrected chi connectivity index (χ4v) is 1.79. The number of hydrogen-bond acceptors (Lipinski definition) is 3. The number of allylic oxidation sites excluding steroid dienone is 1. The van der Waals surface area contributed by atoms with Crippen LogP contribution < -0.4 is 4.74 Å². The Hall–Kier alpha value is -2.03. The summed E-state index contributed by atoms with van der Waals surface area (Å²) in [5, 5.41) is 0. The van der Waals surface area contributed by atoms with Gasteiger partial charge >= 0.3 is 5.97 Å². The average molecular weight is 288 g/mol. The summed E-state index contributed by atoms with van der Waals surface area (Å²) in [6, 6.07) is 7.49. The van der Waals surface area contributed by atoms with E-state index in [1.165, 1.54) is 11.6 Å². The molecule has 3 heteroatoms. The van der Waals surface area contributed by atoms with Crippen LogP contribution in [-0.4, -0.2) is 19.7 Å². The first-order chi connectivity index (χ1) is 10.2. The van der Waals surface area contributed by atoms with E-state index in [2.05, 4.69) is 6.92 Å². The maximum absolute atomic E-state index is 11.7. The Kier molecular flexibility index (Phi) is 7.95. The van der Waals surface area contributed by atoms with E-state index < -0.39 is 0 Å². The van der Waals surface area contributed by atoms with E-state index in [0.29, 0.717) is 6.61 Å². The number of esters is 1. The largest absolute Gasteiger partial charge is 0.497 e. The number of benzene rings is 1. The summed E-state index contributed by atoms with van der Waals surface area (Å²) >= 11 is 0. The van der Waals surface area contributed by atoms with Crippen molar-refractivity contribution < 1.29 is 14.3 Å². The standard InChI is InChI=1S/C18H24O3/c1-4-6-7-15(5-2)14-21-18(19)13-10-16-8-11-17(20-3)12-9-16/h5,8-13H,4,6-7,14H2,1-3H3/b13-10+,15-5+. The van der Waals surface area contributed by atoms with E-state index in [4.69, 9.17) is 9.47 Å². The zero-order valence-corrected chi connectivity index (χ0v) is 13.1. The highest BCUT2D eigenvalue weighted by Crippen LogP contribution is 2.12. The highest BCUT2D eigenvalue weighted by molar-refractivity contribution is 5.87. The van der Waals surface area contributed by atoms with Crippen molar-refractivity contribution in [2.45, 2.75) is 33.1 Å². The monoisotopic (exact) mass is 288 g/mol. The van der Waals surface area contributed by atoms with Gasteiger partial charge in [-0.2, -0.15) is 0 Å². The lowest BCUT2D eigenvalue weighted by molar-refractivity contribution is -0.136. The third-order valence-corrected chi connectivity index (χ3v) is 3.19. The number of ether oxygens (including phenoxy) is 2. The Morgan fingerprint density at radius 1 is 1.24 bits per heavy atom. The molecular weight excluding hydrogens is 264 g/mol. The number of carbonyl (C=O) groups excluding carboxylic acids is 1. The van der Waals surface area contributed by atoms with Crippen molar-refractivity contribution >= 4 is 12.0 Å². The molecule has 0 aliphatic heterocycles. The van der Waals surface area contributed by atoms with Gasteiger partial charge in [-0.1, -0.05) is 31.6 Å². The van der Waals surface area contributed by atoms with Gasteiger partial charge in [0.2, 0.25) is 0 Å². The maximum Gasteiger partial charge on any atom is 0.331 e. The second-order valence-corrected chi connectivity index (χ2v) is 4.76. The lowest BCUT2D eigenvalue weighted by Crippen LogP contribution is -2.04. The van der Waals surface area contributed by atoms with Crippen LogP contribution in [0.5, 0.6) is 5.75 Å². The van der Waals surface area contributed by atoms with Crippen molar-refractivity contribution in [1.82, 2.24) is 0 Å². The zero-order valence-electron chi connectivity index (χ0n) is 13.1. The Balaban J connectivity index is 2.43. The molecular formula is C18H24O3. The Morgan fingerprint density at radius 3 is 2.52 bits per heavy atom. The Morgan fingerprint density at radius 2 is 1.95 bits per heavy atom. The molecule has 0 aromatic heterocycles. The Labute approximate surface area is 127 Å². The molecule has 1 aromatic rings. The van der Waals surface area contributed by atoms with Crippen molar-refractivity contribution in [2.75, 3.05) is 13.7 Å². The van der Waals surface area contributed by atoms with Crippen molar-refractivity contribution in [1.29, 1.82) is 0 Å². The summed E-state index contributed by atoms with van der Waals surface area (Å²) in [5.74, 6) is 0.477. The first-order valence-corrected chi connectivity index (χ1v) is 7.32. The lowest BCUT2D eigenvalue weighted by atomic mass is 10.1. The van der Waals surface area contributed by atoms with Crippen molar-refractivity contribution in [2.24, 2.45) is 0 Å². The summed E-state index contributed by atoms with van der Waals surface area (Å²) < 4.78 is 10.3. The van der Waals surface area contributed by atoms with E-state index in [1.807, 2.05) is 37.3 Å². The van der Waals surface area contributed by atoms with Crippen LogP contribution in [0.25, 0.3) is 6.08 Å². The summed E-state index contributed by atoms with van der Waals surface area (Å²) in [7, 11) is 1.62. The summed E-state index contributed by atoms with van der Waals surface area (Å²) in [4.78, 5) is 11.7. The van der Waals surface area contributed by atoms with E-state index in [9.17, 15) is 4.79 Å². The summed E-state index contributed by atoms with van der Waals surface area (Å²) in [6.45, 7) is 4.51. The molecule has 0 atom stereocenters. The van der Waals surface area contributed by atoms with Gasteiger partial charge < -0.3 is 9.47 Å². The summed E-state index contributed by atoms with van der Waals surface area (Å²) in [5.41, 5.74) is 2.10. The van der Waals surface area contributed by atoms with E-state index in [0.717, 1.165) is 30.6 Å². The minimum absolute atomic E-state index is 0.318. The van der Waals surface area contributed by atoms with Crippen LogP contribution in [0, 0.1) is 0 Å². The number of rotatable bonds is 8. The van der Waals surface area contributed by atoms with Crippen LogP contribution in [-0.2, 0) is 9.53 Å². The topological polar surface area (TPSA) is 35.5 Å². The molecule has 0 aliphatic carbocycles. The van der Waals surface area contributed by atoms with Crippen LogP contribution >= 0.6 is 0 Å². The molecule has 0 spiro atoms. The van der Waals surface area contributed by atoms with Gasteiger partial charge in [0.1, 0.15) is 12.4 Å². The van der Waals surface area contributed by atoms with Crippen molar-refractivity contribution in [3.8, 4) is 5.75 Å². The van der Waals surface area contributed by atoms with E-state index in [-0.39, 0.29) is 5.97 Å². The highest BCUT2D eigenvalue weighted by atomic mass is 16.5. The number of hydrogen-bond donors (Lipinski definition) is 0. The third-order valence-electron chi connectivity index (χ3n) is 3.19. The smallest absolute Gasteiger partial charge is 0.331 e. The van der Waals surface area contributed by atoms with Gasteiger partial charge in [-0.15, -0.1) is 0 Å². The molecule has 0 saturated heterocycles. The second kappa shape index (κ2) is 9.81. The maximum atomic E-state index is 11.7. The van der Waals surface area contributed by atoms with Crippen LogP contribution in [0.1, 0.15) is 38.7 Å². The van der Waals surface area contributed by atoms with E-state index >= 15 is 0 Å². The van der Waals surface area contributed by atoms with Gasteiger partial charge in [0, 0.05) is 6.08 Å². The normalized spacial score (nSPS) is 11.7. The fourth-order valence-electron chi connectivity index (χ4n) is 1.79. The first-order valence-electron chi connectivity index (χ1n) is 7.32. The minimum Gasteiger partial charge on any atom is -0.497 e. The molecule has 3 nitrogen and oxygen atoms in total. The zero-order chi connectivity index (χ0) is 15.5. The predicted molar refractivity (Wildman–Crippen MR) is 86.3 cm³/mol. The van der Waals surface area contributed by atoms with Crippen molar-refractivity contribution in [3.05, 3.63) is 47.6 Å². The molecule has 21 heavy (non-hydrogen) atoms. The molecule has 114 valence electrons. The van der Waals surface area contributed by atoms with Crippen LogP contribution in [0.4, 0.5) is 0 Å². The molecule has 0 fully saturated rings. The fraction of sp³-hybridized carbons (Fsp3) is 0.389. The van der Waals surface area contributed by atoms with E-state index in [1.54, 1.807) is 13.2 Å². The average Bonchev–Trinajstić information content (AvgIpc) is 2.53. The van der Waals surface area contributed by atoms with Gasteiger partial charge in [-0.25, -0.2) is 4.79 Å². The first kappa shape index (κ1) is 17.0. The van der Waals surface area contributed by atoms with Gasteiger partial charge in [0.25, 0.3) is 0 Å². The SMILES string of the molecule is C/C=C(\CCCC)COC(=O)/C=C/c1ccc(OC)cc1. The number of carbonyl (C=O) groups is 1. The van der Waals surface area contributed by atoms with Crippen molar-refractivity contribution in [3.63, 3.8) is 0 Å². The number of methoxy groups -OCH3 is 1. The Bertz CT molecular complexity index is 484. The van der Waals surface area contributed by atoms with Gasteiger partial charge in [0.15, 0.2) is 0 Å². The molecule has 0 N–H and O–H groups in total. The minimum atomic E-state index is -0.318. The molecule has 0 heterocycles. The van der Waals surface area contributed by atoms with Crippen LogP contribution in [0.2, 0.25) is 0 Å². The van der Waals surface area contributed by atoms with Gasteiger partial charge in [-0.05, 0) is 49.1 Å². The molecule has 0 bridgehead atoms. The highest BCUT2D eigenvalue weighted by Gasteiger charge is 2.01. The number of unbranched alkanes of at least 4 members (excludes halogenated alkanes) is 1. The predicted octanol–water partition coefficient (Wildman–Crippen LogP) is 4.39. The molecule has 0 saturated carbocycles. The van der Waals surface area contributed by atoms with Crippen LogP contribution in [0.15, 0.2) is 42.0 Å². The lowest BCUT2D eigenvalue weighted by Gasteiger charge is -2.06. The quantitative estimate of drug-likeness (QED) is 0.404. The second-order valence-electron chi connectivity index (χ2n) is 4.76. The molecule has 0 radical (unpaired) electrons. The molecule has 0 unspecified atom stereocenters.